The largest absolute Gasteiger partial charge is 0.317 e. The molecule has 2 rings (SSSR count). The number of thiophene rings is 1. The Morgan fingerprint density at radius 2 is 2.25 bits per heavy atom. The van der Waals surface area contributed by atoms with Gasteiger partial charge in [-0.05, 0) is 57.8 Å². The van der Waals surface area contributed by atoms with E-state index in [2.05, 4.69) is 41.7 Å². The average Bonchev–Trinajstić information content (AvgIpc) is 2.82. The van der Waals surface area contributed by atoms with Crippen LogP contribution in [0.3, 0.4) is 0 Å². The minimum Gasteiger partial charge on any atom is -0.317 e. The first-order valence-electron chi connectivity index (χ1n) is 6.23. The van der Waals surface area contributed by atoms with Crippen molar-refractivity contribution >= 4 is 11.3 Å². The molecule has 0 bridgehead atoms. The lowest BCUT2D eigenvalue weighted by atomic mass is 10.0. The fourth-order valence-corrected chi connectivity index (χ4v) is 3.30. The van der Waals surface area contributed by atoms with Gasteiger partial charge in [0.05, 0.1) is 0 Å². The molecule has 1 aliphatic rings. The van der Waals surface area contributed by atoms with E-state index in [0.717, 1.165) is 6.04 Å². The molecule has 1 unspecified atom stereocenters. The molecule has 0 radical (unpaired) electrons. The zero-order valence-electron chi connectivity index (χ0n) is 10.3. The molecule has 1 N–H and O–H groups in total. The van der Waals surface area contributed by atoms with E-state index in [1.54, 1.807) is 0 Å². The van der Waals surface area contributed by atoms with Crippen LogP contribution in [0.1, 0.15) is 24.6 Å². The van der Waals surface area contributed by atoms with Crippen molar-refractivity contribution in [2.24, 2.45) is 0 Å². The summed E-state index contributed by atoms with van der Waals surface area (Å²) in [7, 11) is 2.08. The number of likely N-dealkylation sites (tertiary alicyclic amines) is 1. The van der Waals surface area contributed by atoms with Gasteiger partial charge in [-0.3, -0.25) is 0 Å². The van der Waals surface area contributed by atoms with Gasteiger partial charge in [0, 0.05) is 17.0 Å². The minimum absolute atomic E-state index is 0.691. The molecule has 0 saturated carbocycles. The predicted octanol–water partition coefficient (Wildman–Crippen LogP) is 2.36. The Morgan fingerprint density at radius 3 is 2.81 bits per heavy atom. The second-order valence-electron chi connectivity index (χ2n) is 4.73. The SMILES string of the molecule is CNC1CCN(C(C)Cc2cccs2)CC1. The quantitative estimate of drug-likeness (QED) is 0.866. The Bertz CT molecular complexity index is 289. The molecule has 2 heterocycles. The van der Waals surface area contributed by atoms with Crippen molar-refractivity contribution in [3.8, 4) is 0 Å². The van der Waals surface area contributed by atoms with Gasteiger partial charge in [-0.2, -0.15) is 0 Å². The van der Waals surface area contributed by atoms with E-state index in [0.29, 0.717) is 6.04 Å². The number of hydrogen-bond donors (Lipinski definition) is 1. The van der Waals surface area contributed by atoms with Gasteiger partial charge in [0.25, 0.3) is 0 Å². The van der Waals surface area contributed by atoms with E-state index in [1.165, 1.54) is 37.2 Å². The van der Waals surface area contributed by atoms with Gasteiger partial charge in [-0.25, -0.2) is 0 Å². The highest BCUT2D eigenvalue weighted by molar-refractivity contribution is 7.09. The smallest absolute Gasteiger partial charge is 0.0115 e. The highest BCUT2D eigenvalue weighted by Crippen LogP contribution is 2.18. The topological polar surface area (TPSA) is 15.3 Å². The van der Waals surface area contributed by atoms with Gasteiger partial charge in [0.15, 0.2) is 0 Å². The summed E-state index contributed by atoms with van der Waals surface area (Å²) in [6.07, 6.45) is 3.80. The van der Waals surface area contributed by atoms with Crippen LogP contribution in [0.25, 0.3) is 0 Å². The number of rotatable bonds is 4. The summed E-state index contributed by atoms with van der Waals surface area (Å²) in [5.41, 5.74) is 0. The van der Waals surface area contributed by atoms with Crippen molar-refractivity contribution in [1.29, 1.82) is 0 Å². The lowest BCUT2D eigenvalue weighted by Crippen LogP contribution is -2.45. The molecule has 1 aromatic heterocycles. The van der Waals surface area contributed by atoms with Gasteiger partial charge in [-0.1, -0.05) is 6.07 Å². The van der Waals surface area contributed by atoms with E-state index in [1.807, 2.05) is 11.3 Å². The number of piperidine rings is 1. The summed E-state index contributed by atoms with van der Waals surface area (Å²) >= 11 is 1.88. The van der Waals surface area contributed by atoms with Crippen molar-refractivity contribution < 1.29 is 0 Å². The van der Waals surface area contributed by atoms with Crippen molar-refractivity contribution in [2.45, 2.75) is 38.3 Å². The van der Waals surface area contributed by atoms with E-state index in [4.69, 9.17) is 0 Å². The lowest BCUT2D eigenvalue weighted by Gasteiger charge is -2.35. The van der Waals surface area contributed by atoms with Gasteiger partial charge in [0.1, 0.15) is 0 Å². The zero-order chi connectivity index (χ0) is 11.4. The molecule has 0 aliphatic carbocycles. The molecule has 2 nitrogen and oxygen atoms in total. The van der Waals surface area contributed by atoms with Gasteiger partial charge >= 0.3 is 0 Å². The van der Waals surface area contributed by atoms with E-state index < -0.39 is 0 Å². The normalized spacial score (nSPS) is 21.1. The molecule has 0 spiro atoms. The molecule has 16 heavy (non-hydrogen) atoms. The Labute approximate surface area is 103 Å². The molecule has 0 aromatic carbocycles. The van der Waals surface area contributed by atoms with Crippen molar-refractivity contribution in [2.75, 3.05) is 20.1 Å². The molecule has 1 aliphatic heterocycles. The molecular formula is C13H22N2S. The Kier molecular flexibility index (Phi) is 4.38. The Balaban J connectivity index is 1.80. The Morgan fingerprint density at radius 1 is 1.50 bits per heavy atom. The van der Waals surface area contributed by atoms with E-state index in [-0.39, 0.29) is 0 Å². The Hall–Kier alpha value is -0.380. The molecular weight excluding hydrogens is 216 g/mol. The fourth-order valence-electron chi connectivity index (χ4n) is 2.48. The van der Waals surface area contributed by atoms with Crippen LogP contribution in [-0.4, -0.2) is 37.1 Å². The summed E-state index contributed by atoms with van der Waals surface area (Å²) < 4.78 is 0. The third-order valence-corrected chi connectivity index (χ3v) is 4.54. The monoisotopic (exact) mass is 238 g/mol. The van der Waals surface area contributed by atoms with Gasteiger partial charge in [-0.15, -0.1) is 11.3 Å². The summed E-state index contributed by atoms with van der Waals surface area (Å²) in [5, 5.41) is 5.56. The molecule has 0 amide bonds. The number of nitrogens with zero attached hydrogens (tertiary/aromatic N) is 1. The van der Waals surface area contributed by atoms with Crippen LogP contribution in [0, 0.1) is 0 Å². The first-order valence-corrected chi connectivity index (χ1v) is 7.11. The van der Waals surface area contributed by atoms with Crippen molar-refractivity contribution in [3.05, 3.63) is 22.4 Å². The lowest BCUT2D eigenvalue weighted by molar-refractivity contribution is 0.154. The highest BCUT2D eigenvalue weighted by atomic mass is 32.1. The zero-order valence-corrected chi connectivity index (χ0v) is 11.1. The summed E-state index contributed by atoms with van der Waals surface area (Å²) in [5.74, 6) is 0. The maximum absolute atomic E-state index is 3.38. The van der Waals surface area contributed by atoms with Gasteiger partial charge < -0.3 is 10.2 Å². The van der Waals surface area contributed by atoms with Crippen LogP contribution in [-0.2, 0) is 6.42 Å². The van der Waals surface area contributed by atoms with Crippen LogP contribution >= 0.6 is 11.3 Å². The predicted molar refractivity (Wildman–Crippen MR) is 71.1 cm³/mol. The molecule has 1 atom stereocenters. The molecule has 1 aromatic rings. The van der Waals surface area contributed by atoms with Crippen LogP contribution in [0.2, 0.25) is 0 Å². The highest BCUT2D eigenvalue weighted by Gasteiger charge is 2.21. The van der Waals surface area contributed by atoms with Crippen LogP contribution < -0.4 is 5.32 Å². The standard InChI is InChI=1S/C13H22N2S/c1-11(10-13-4-3-9-16-13)15-7-5-12(14-2)6-8-15/h3-4,9,11-12,14H,5-8,10H2,1-2H3. The summed E-state index contributed by atoms with van der Waals surface area (Å²) in [6, 6.07) is 5.84. The van der Waals surface area contributed by atoms with Gasteiger partial charge in [0.2, 0.25) is 0 Å². The van der Waals surface area contributed by atoms with Crippen molar-refractivity contribution in [3.63, 3.8) is 0 Å². The van der Waals surface area contributed by atoms with E-state index in [9.17, 15) is 0 Å². The minimum atomic E-state index is 0.691. The third-order valence-electron chi connectivity index (χ3n) is 3.64. The summed E-state index contributed by atoms with van der Waals surface area (Å²) in [4.78, 5) is 4.15. The molecule has 1 saturated heterocycles. The third kappa shape index (κ3) is 3.06. The second-order valence-corrected chi connectivity index (χ2v) is 5.76. The molecule has 3 heteroatoms. The molecule has 1 fully saturated rings. The summed E-state index contributed by atoms with van der Waals surface area (Å²) in [6.45, 7) is 4.86. The fraction of sp³-hybridized carbons (Fsp3) is 0.692. The second kappa shape index (κ2) is 5.80. The maximum atomic E-state index is 3.38. The van der Waals surface area contributed by atoms with Crippen LogP contribution in [0.15, 0.2) is 17.5 Å². The molecule has 90 valence electrons. The number of nitrogens with one attached hydrogen (secondary N) is 1. The number of hydrogen-bond acceptors (Lipinski definition) is 3. The maximum Gasteiger partial charge on any atom is 0.0115 e. The first-order chi connectivity index (χ1) is 7.79. The van der Waals surface area contributed by atoms with E-state index >= 15 is 0 Å². The average molecular weight is 238 g/mol. The first kappa shape index (κ1) is 12.1. The van der Waals surface area contributed by atoms with Crippen LogP contribution in [0.5, 0.6) is 0 Å². The van der Waals surface area contributed by atoms with Crippen molar-refractivity contribution in [1.82, 2.24) is 10.2 Å². The van der Waals surface area contributed by atoms with Crippen LogP contribution in [0.4, 0.5) is 0 Å².